The van der Waals surface area contributed by atoms with Crippen molar-refractivity contribution in [3.63, 3.8) is 0 Å². The Morgan fingerprint density at radius 2 is 2.04 bits per heavy atom. The molecule has 1 aliphatic rings. The first-order valence-corrected chi connectivity index (χ1v) is 8.47. The Bertz CT molecular complexity index is 689. The van der Waals surface area contributed by atoms with Crippen LogP contribution in [-0.4, -0.2) is 44.7 Å². The second kappa shape index (κ2) is 6.63. The molecule has 0 spiro atoms. The first kappa shape index (κ1) is 16.5. The van der Waals surface area contributed by atoms with E-state index in [4.69, 9.17) is 0 Å². The predicted molar refractivity (Wildman–Crippen MR) is 93.7 cm³/mol. The number of amides is 2. The number of H-pyrrole nitrogens is 1. The number of hydrogen-bond acceptors (Lipinski definition) is 3. The molecular formula is C18H25N5O. The first-order chi connectivity index (χ1) is 11.4. The second-order valence-corrected chi connectivity index (χ2v) is 7.38. The van der Waals surface area contributed by atoms with Crippen LogP contribution in [0.5, 0.6) is 0 Å². The van der Waals surface area contributed by atoms with Crippen LogP contribution in [0.3, 0.4) is 0 Å². The van der Waals surface area contributed by atoms with Gasteiger partial charge in [0.15, 0.2) is 5.82 Å². The van der Waals surface area contributed by atoms with E-state index < -0.39 is 0 Å². The van der Waals surface area contributed by atoms with Crippen LogP contribution in [0.15, 0.2) is 30.3 Å². The molecule has 0 saturated carbocycles. The number of aromatic nitrogens is 3. The number of aromatic amines is 1. The fraction of sp³-hybridized carbons (Fsp3) is 0.500. The highest BCUT2D eigenvalue weighted by Gasteiger charge is 2.28. The minimum absolute atomic E-state index is 0.00463. The van der Waals surface area contributed by atoms with Gasteiger partial charge in [-0.25, -0.2) is 9.78 Å². The molecule has 3 rings (SSSR count). The number of carbonyl (C=O) groups excluding carboxylic acids is 1. The van der Waals surface area contributed by atoms with Gasteiger partial charge in [0.2, 0.25) is 0 Å². The summed E-state index contributed by atoms with van der Waals surface area (Å²) in [7, 11) is 0. The molecule has 128 valence electrons. The van der Waals surface area contributed by atoms with Crippen molar-refractivity contribution in [3.8, 4) is 11.4 Å². The number of carbonyl (C=O) groups is 1. The number of nitrogens with zero attached hydrogens (tertiary/aromatic N) is 3. The summed E-state index contributed by atoms with van der Waals surface area (Å²) in [5.41, 5.74) is 0.773. The van der Waals surface area contributed by atoms with Crippen LogP contribution in [0.2, 0.25) is 0 Å². The standard InChI is InChI=1S/C18H25N5O/c1-18(2,3)20-17(24)23-11-7-10-14(12-23)16-19-15(21-22-16)13-8-5-4-6-9-13/h4-6,8-9,14H,7,10-12H2,1-3H3,(H,20,24)(H,19,21,22)/t14-/m1/s1. The van der Waals surface area contributed by atoms with Gasteiger partial charge in [0.1, 0.15) is 5.82 Å². The van der Waals surface area contributed by atoms with Crippen LogP contribution in [-0.2, 0) is 0 Å². The molecule has 0 radical (unpaired) electrons. The second-order valence-electron chi connectivity index (χ2n) is 7.38. The molecule has 1 aromatic carbocycles. The van der Waals surface area contributed by atoms with E-state index in [0.717, 1.165) is 30.8 Å². The van der Waals surface area contributed by atoms with E-state index in [0.29, 0.717) is 12.4 Å². The maximum absolute atomic E-state index is 12.4. The highest BCUT2D eigenvalue weighted by molar-refractivity contribution is 5.75. The molecule has 2 amide bonds. The predicted octanol–water partition coefficient (Wildman–Crippen LogP) is 3.16. The fourth-order valence-corrected chi connectivity index (χ4v) is 2.96. The minimum atomic E-state index is -0.225. The lowest BCUT2D eigenvalue weighted by atomic mass is 9.97. The monoisotopic (exact) mass is 327 g/mol. The van der Waals surface area contributed by atoms with Crippen molar-refractivity contribution in [1.29, 1.82) is 0 Å². The summed E-state index contributed by atoms with van der Waals surface area (Å²) >= 11 is 0. The Morgan fingerprint density at radius 1 is 1.29 bits per heavy atom. The topological polar surface area (TPSA) is 73.9 Å². The molecule has 0 bridgehead atoms. The average Bonchev–Trinajstić information content (AvgIpc) is 3.04. The number of piperidine rings is 1. The van der Waals surface area contributed by atoms with Crippen LogP contribution in [0, 0.1) is 0 Å². The van der Waals surface area contributed by atoms with Crippen LogP contribution in [0.25, 0.3) is 11.4 Å². The quantitative estimate of drug-likeness (QED) is 0.890. The fourth-order valence-electron chi connectivity index (χ4n) is 2.96. The van der Waals surface area contributed by atoms with Crippen molar-refractivity contribution in [2.24, 2.45) is 0 Å². The molecule has 6 nitrogen and oxygen atoms in total. The molecule has 0 aliphatic carbocycles. The van der Waals surface area contributed by atoms with Gasteiger partial charge < -0.3 is 10.2 Å². The molecule has 1 atom stereocenters. The Morgan fingerprint density at radius 3 is 2.75 bits per heavy atom. The van der Waals surface area contributed by atoms with E-state index in [1.165, 1.54) is 0 Å². The zero-order valence-electron chi connectivity index (χ0n) is 14.5. The third-order valence-electron chi connectivity index (χ3n) is 4.11. The lowest BCUT2D eigenvalue weighted by Crippen LogP contribution is -2.51. The van der Waals surface area contributed by atoms with Crippen LogP contribution < -0.4 is 5.32 Å². The molecule has 2 aromatic rings. The van der Waals surface area contributed by atoms with Crippen molar-refractivity contribution >= 4 is 6.03 Å². The summed E-state index contributed by atoms with van der Waals surface area (Å²) in [5, 5.41) is 10.4. The smallest absolute Gasteiger partial charge is 0.317 e. The van der Waals surface area contributed by atoms with E-state index in [1.807, 2.05) is 56.0 Å². The summed E-state index contributed by atoms with van der Waals surface area (Å²) in [6.45, 7) is 7.45. The summed E-state index contributed by atoms with van der Waals surface area (Å²) in [5.74, 6) is 1.78. The molecule has 1 saturated heterocycles. The Hall–Kier alpha value is -2.37. The number of urea groups is 1. The van der Waals surface area contributed by atoms with E-state index in [-0.39, 0.29) is 17.5 Å². The van der Waals surface area contributed by atoms with Gasteiger partial charge >= 0.3 is 6.03 Å². The maximum Gasteiger partial charge on any atom is 0.317 e. The number of nitrogens with one attached hydrogen (secondary N) is 2. The Kier molecular flexibility index (Phi) is 4.55. The lowest BCUT2D eigenvalue weighted by Gasteiger charge is -2.34. The zero-order valence-corrected chi connectivity index (χ0v) is 14.5. The average molecular weight is 327 g/mol. The van der Waals surface area contributed by atoms with Gasteiger partial charge in [0, 0.05) is 30.1 Å². The zero-order chi connectivity index (χ0) is 17.2. The summed E-state index contributed by atoms with van der Waals surface area (Å²) in [6, 6.07) is 9.92. The van der Waals surface area contributed by atoms with E-state index >= 15 is 0 Å². The third kappa shape index (κ3) is 3.93. The van der Waals surface area contributed by atoms with Gasteiger partial charge in [-0.3, -0.25) is 5.10 Å². The van der Waals surface area contributed by atoms with Gasteiger partial charge in [-0.1, -0.05) is 30.3 Å². The Balaban J connectivity index is 1.69. The molecule has 2 N–H and O–H groups in total. The maximum atomic E-state index is 12.4. The van der Waals surface area contributed by atoms with E-state index in [1.54, 1.807) is 0 Å². The van der Waals surface area contributed by atoms with Crippen molar-refractivity contribution in [1.82, 2.24) is 25.4 Å². The SMILES string of the molecule is CC(C)(C)NC(=O)N1CCC[C@@H](c2nc(-c3ccccc3)n[nH]2)C1. The number of hydrogen-bond donors (Lipinski definition) is 2. The van der Waals surface area contributed by atoms with Gasteiger partial charge in [-0.2, -0.15) is 5.10 Å². The summed E-state index contributed by atoms with van der Waals surface area (Å²) < 4.78 is 0. The van der Waals surface area contributed by atoms with Crippen LogP contribution in [0.1, 0.15) is 45.4 Å². The van der Waals surface area contributed by atoms with E-state index in [2.05, 4.69) is 20.5 Å². The van der Waals surface area contributed by atoms with Crippen molar-refractivity contribution in [2.45, 2.75) is 45.1 Å². The number of rotatable bonds is 2. The third-order valence-corrected chi connectivity index (χ3v) is 4.11. The molecule has 6 heteroatoms. The summed E-state index contributed by atoms with van der Waals surface area (Å²) in [6.07, 6.45) is 1.99. The molecular weight excluding hydrogens is 302 g/mol. The number of likely N-dealkylation sites (tertiary alicyclic amines) is 1. The van der Waals surface area contributed by atoms with Gasteiger partial charge in [0.05, 0.1) is 0 Å². The van der Waals surface area contributed by atoms with E-state index in [9.17, 15) is 4.79 Å². The van der Waals surface area contributed by atoms with Crippen molar-refractivity contribution < 1.29 is 4.79 Å². The largest absolute Gasteiger partial charge is 0.333 e. The molecule has 2 heterocycles. The lowest BCUT2D eigenvalue weighted by molar-refractivity contribution is 0.170. The van der Waals surface area contributed by atoms with Crippen molar-refractivity contribution in [3.05, 3.63) is 36.2 Å². The minimum Gasteiger partial charge on any atom is -0.333 e. The van der Waals surface area contributed by atoms with Gasteiger partial charge in [-0.05, 0) is 33.6 Å². The normalized spacial score (nSPS) is 18.5. The highest BCUT2D eigenvalue weighted by Crippen LogP contribution is 2.26. The highest BCUT2D eigenvalue weighted by atomic mass is 16.2. The van der Waals surface area contributed by atoms with Crippen molar-refractivity contribution in [2.75, 3.05) is 13.1 Å². The van der Waals surface area contributed by atoms with Gasteiger partial charge in [0.25, 0.3) is 0 Å². The molecule has 1 aromatic heterocycles. The first-order valence-electron chi connectivity index (χ1n) is 8.47. The molecule has 1 fully saturated rings. The van der Waals surface area contributed by atoms with Gasteiger partial charge in [-0.15, -0.1) is 0 Å². The molecule has 1 aliphatic heterocycles. The molecule has 24 heavy (non-hydrogen) atoms. The van der Waals surface area contributed by atoms with Crippen LogP contribution in [0.4, 0.5) is 4.79 Å². The number of benzene rings is 1. The molecule has 0 unspecified atom stereocenters. The van der Waals surface area contributed by atoms with Crippen LogP contribution >= 0.6 is 0 Å². The summed E-state index contributed by atoms with van der Waals surface area (Å²) in [4.78, 5) is 18.9. The Labute approximate surface area is 142 Å².